The van der Waals surface area contributed by atoms with Crippen molar-refractivity contribution in [3.63, 3.8) is 0 Å². The van der Waals surface area contributed by atoms with E-state index in [2.05, 4.69) is 10.1 Å². The van der Waals surface area contributed by atoms with Gasteiger partial charge in [0.2, 0.25) is 5.91 Å². The number of alkyl halides is 1. The van der Waals surface area contributed by atoms with Gasteiger partial charge in [0.05, 0.1) is 13.5 Å². The van der Waals surface area contributed by atoms with Gasteiger partial charge in [0.15, 0.2) is 0 Å². The number of amides is 1. The van der Waals surface area contributed by atoms with E-state index < -0.39 is 0 Å². The molecule has 0 aromatic heterocycles. The first kappa shape index (κ1) is 12.5. The molecule has 86 valence electrons. The quantitative estimate of drug-likeness (QED) is 0.643. The van der Waals surface area contributed by atoms with Crippen molar-refractivity contribution in [2.75, 3.05) is 18.3 Å². The molecule has 1 aromatic carbocycles. The van der Waals surface area contributed by atoms with Crippen LogP contribution in [-0.4, -0.2) is 24.9 Å². The fourth-order valence-electron chi connectivity index (χ4n) is 1.21. The lowest BCUT2D eigenvalue weighted by atomic mass is 10.1. The first-order valence-corrected chi connectivity index (χ1v) is 5.21. The monoisotopic (exact) mass is 241 g/mol. The Labute approximate surface area is 98.5 Å². The number of esters is 1. The van der Waals surface area contributed by atoms with Crippen molar-refractivity contribution >= 4 is 29.2 Å². The highest BCUT2D eigenvalue weighted by atomic mass is 35.5. The maximum atomic E-state index is 11.1. The van der Waals surface area contributed by atoms with E-state index in [1.54, 1.807) is 24.3 Å². The van der Waals surface area contributed by atoms with E-state index in [1.807, 2.05) is 0 Å². The van der Waals surface area contributed by atoms with Gasteiger partial charge >= 0.3 is 5.97 Å². The maximum absolute atomic E-state index is 11.1. The number of rotatable bonds is 4. The Hall–Kier alpha value is -1.55. The zero-order valence-corrected chi connectivity index (χ0v) is 9.58. The second-order valence-corrected chi connectivity index (χ2v) is 3.36. The van der Waals surface area contributed by atoms with Crippen molar-refractivity contribution in [1.82, 2.24) is 0 Å². The van der Waals surface area contributed by atoms with E-state index in [9.17, 15) is 9.59 Å². The van der Waals surface area contributed by atoms with Gasteiger partial charge in [-0.05, 0) is 11.6 Å². The number of hydrogen-bond donors (Lipinski definition) is 1. The molecule has 0 atom stereocenters. The van der Waals surface area contributed by atoms with Crippen molar-refractivity contribution in [3.8, 4) is 0 Å². The number of ether oxygens (including phenoxy) is 1. The molecule has 4 nitrogen and oxygen atoms in total. The first-order valence-electron chi connectivity index (χ1n) is 4.68. The van der Waals surface area contributed by atoms with Crippen LogP contribution < -0.4 is 5.32 Å². The van der Waals surface area contributed by atoms with Crippen LogP contribution in [0.4, 0.5) is 5.69 Å². The Kier molecular flexibility index (Phi) is 4.79. The standard InChI is InChI=1S/C11H12ClNO3/c1-16-11(15)6-8-4-2-3-5-9(8)13-10(14)7-12/h2-5H,6-7H2,1H3,(H,13,14). The molecule has 0 bridgehead atoms. The molecule has 0 aliphatic heterocycles. The molecule has 16 heavy (non-hydrogen) atoms. The molecular formula is C11H12ClNO3. The molecule has 1 aromatic rings. The summed E-state index contributed by atoms with van der Waals surface area (Å²) in [5.74, 6) is -0.779. The third-order valence-electron chi connectivity index (χ3n) is 1.98. The molecule has 0 saturated heterocycles. The largest absolute Gasteiger partial charge is 0.469 e. The minimum absolute atomic E-state index is 0.118. The molecule has 5 heteroatoms. The number of benzene rings is 1. The van der Waals surface area contributed by atoms with Gasteiger partial charge in [-0.1, -0.05) is 18.2 Å². The summed E-state index contributed by atoms with van der Waals surface area (Å²) in [6.45, 7) is 0. The third kappa shape index (κ3) is 3.55. The van der Waals surface area contributed by atoms with Crippen molar-refractivity contribution in [3.05, 3.63) is 29.8 Å². The molecule has 0 saturated carbocycles. The van der Waals surface area contributed by atoms with E-state index in [-0.39, 0.29) is 24.2 Å². The molecule has 0 unspecified atom stereocenters. The molecule has 1 rings (SSSR count). The van der Waals surface area contributed by atoms with Gasteiger partial charge in [0.1, 0.15) is 5.88 Å². The van der Waals surface area contributed by atoms with E-state index in [0.717, 1.165) is 0 Å². The lowest BCUT2D eigenvalue weighted by Gasteiger charge is -2.08. The van der Waals surface area contributed by atoms with Crippen molar-refractivity contribution in [2.45, 2.75) is 6.42 Å². The fourth-order valence-corrected chi connectivity index (χ4v) is 1.27. The number of carbonyl (C=O) groups excluding carboxylic acids is 2. The Morgan fingerprint density at radius 3 is 2.69 bits per heavy atom. The van der Waals surface area contributed by atoms with E-state index in [4.69, 9.17) is 11.6 Å². The zero-order valence-electron chi connectivity index (χ0n) is 8.83. The molecule has 1 amide bonds. The van der Waals surface area contributed by atoms with Gasteiger partial charge in [-0.25, -0.2) is 0 Å². The van der Waals surface area contributed by atoms with Gasteiger partial charge in [-0.2, -0.15) is 0 Å². The van der Waals surface area contributed by atoms with Crippen LogP contribution in [0, 0.1) is 0 Å². The van der Waals surface area contributed by atoms with Gasteiger partial charge in [0, 0.05) is 5.69 Å². The Morgan fingerprint density at radius 1 is 1.38 bits per heavy atom. The number of carbonyl (C=O) groups is 2. The Balaban J connectivity index is 2.83. The molecule has 0 fully saturated rings. The summed E-state index contributed by atoms with van der Waals surface area (Å²) < 4.78 is 4.56. The van der Waals surface area contributed by atoms with Gasteiger partial charge in [-0.3, -0.25) is 9.59 Å². The van der Waals surface area contributed by atoms with E-state index in [1.165, 1.54) is 7.11 Å². The van der Waals surface area contributed by atoms with Crippen molar-refractivity contribution < 1.29 is 14.3 Å². The molecule has 0 aliphatic rings. The number of nitrogens with one attached hydrogen (secondary N) is 1. The summed E-state index contributed by atoms with van der Waals surface area (Å²) >= 11 is 5.38. The molecule has 0 radical (unpaired) electrons. The SMILES string of the molecule is COC(=O)Cc1ccccc1NC(=O)CCl. The van der Waals surface area contributed by atoms with Crippen LogP contribution in [0.25, 0.3) is 0 Å². The van der Waals surface area contributed by atoms with Crippen LogP contribution in [-0.2, 0) is 20.7 Å². The summed E-state index contributed by atoms with van der Waals surface area (Å²) in [7, 11) is 1.32. The molecule has 0 spiro atoms. The first-order chi connectivity index (χ1) is 7.67. The summed E-state index contributed by atoms with van der Waals surface area (Å²) in [5, 5.41) is 2.61. The second kappa shape index (κ2) is 6.12. The number of para-hydroxylation sites is 1. The second-order valence-electron chi connectivity index (χ2n) is 3.09. The summed E-state index contributed by atoms with van der Waals surface area (Å²) in [6, 6.07) is 7.02. The molecule has 0 aliphatic carbocycles. The number of halogens is 1. The van der Waals surface area contributed by atoms with Crippen molar-refractivity contribution in [1.29, 1.82) is 0 Å². The van der Waals surface area contributed by atoms with Crippen LogP contribution in [0.2, 0.25) is 0 Å². The highest BCUT2D eigenvalue weighted by Gasteiger charge is 2.09. The minimum Gasteiger partial charge on any atom is -0.469 e. The average molecular weight is 242 g/mol. The fraction of sp³-hybridized carbons (Fsp3) is 0.273. The zero-order chi connectivity index (χ0) is 12.0. The Morgan fingerprint density at radius 2 is 2.06 bits per heavy atom. The van der Waals surface area contributed by atoms with E-state index >= 15 is 0 Å². The topological polar surface area (TPSA) is 55.4 Å². The smallest absolute Gasteiger partial charge is 0.310 e. The molecular weight excluding hydrogens is 230 g/mol. The summed E-state index contributed by atoms with van der Waals surface area (Å²) in [6.07, 6.45) is 0.120. The lowest BCUT2D eigenvalue weighted by molar-refractivity contribution is -0.139. The summed E-state index contributed by atoms with van der Waals surface area (Å²) in [5.41, 5.74) is 1.28. The van der Waals surface area contributed by atoms with Crippen LogP contribution in [0.5, 0.6) is 0 Å². The van der Waals surface area contributed by atoms with Crippen LogP contribution in [0.15, 0.2) is 24.3 Å². The number of methoxy groups -OCH3 is 1. The molecule has 0 heterocycles. The Bertz CT molecular complexity index is 356. The van der Waals surface area contributed by atoms with Crippen LogP contribution >= 0.6 is 11.6 Å². The summed E-state index contributed by atoms with van der Waals surface area (Å²) in [4.78, 5) is 22.3. The maximum Gasteiger partial charge on any atom is 0.310 e. The van der Waals surface area contributed by atoms with Crippen molar-refractivity contribution in [2.24, 2.45) is 0 Å². The predicted octanol–water partition coefficient (Wildman–Crippen LogP) is 1.58. The average Bonchev–Trinajstić information content (AvgIpc) is 2.31. The van der Waals surface area contributed by atoms with Gasteiger partial charge in [0.25, 0.3) is 0 Å². The lowest BCUT2D eigenvalue weighted by Crippen LogP contribution is -2.15. The van der Waals surface area contributed by atoms with E-state index in [0.29, 0.717) is 11.3 Å². The number of hydrogen-bond acceptors (Lipinski definition) is 3. The van der Waals surface area contributed by atoms with Gasteiger partial charge in [-0.15, -0.1) is 11.6 Å². The van der Waals surface area contributed by atoms with Crippen LogP contribution in [0.1, 0.15) is 5.56 Å². The number of anilines is 1. The van der Waals surface area contributed by atoms with Crippen LogP contribution in [0.3, 0.4) is 0 Å². The molecule has 1 N–H and O–H groups in total. The normalized spacial score (nSPS) is 9.62. The third-order valence-corrected chi connectivity index (χ3v) is 2.22. The predicted molar refractivity (Wildman–Crippen MR) is 61.5 cm³/mol. The highest BCUT2D eigenvalue weighted by molar-refractivity contribution is 6.29. The van der Waals surface area contributed by atoms with Gasteiger partial charge < -0.3 is 10.1 Å². The minimum atomic E-state index is -0.354. The highest BCUT2D eigenvalue weighted by Crippen LogP contribution is 2.16.